The summed E-state index contributed by atoms with van der Waals surface area (Å²) in [7, 11) is 0. The number of rotatable bonds is 4. The van der Waals surface area contributed by atoms with Gasteiger partial charge in [-0.15, -0.1) is 0 Å². The Hall–Kier alpha value is -0.870. The molecular formula is C10H19FN2O. The van der Waals surface area contributed by atoms with E-state index in [0.29, 0.717) is 18.7 Å². The lowest BCUT2D eigenvalue weighted by Crippen LogP contribution is -2.31. The van der Waals surface area contributed by atoms with E-state index in [1.165, 1.54) is 0 Å². The number of halogens is 1. The van der Waals surface area contributed by atoms with Gasteiger partial charge in [-0.2, -0.15) is 0 Å². The summed E-state index contributed by atoms with van der Waals surface area (Å²) in [5.74, 6) is 0. The first-order valence-electron chi connectivity index (χ1n) is 4.92. The van der Waals surface area contributed by atoms with E-state index in [4.69, 9.17) is 5.11 Å². The Bertz CT molecular complexity index is 193. The maximum Gasteiger partial charge on any atom is 0.193 e. The highest BCUT2D eigenvalue weighted by molar-refractivity contribution is 5.21. The fourth-order valence-electron chi connectivity index (χ4n) is 0.964. The minimum Gasteiger partial charge on any atom is -0.395 e. The molecule has 3 N–H and O–H groups in total. The summed E-state index contributed by atoms with van der Waals surface area (Å²) in [6.45, 7) is 5.04. The van der Waals surface area contributed by atoms with Gasteiger partial charge in [0, 0.05) is 13.1 Å². The lowest BCUT2D eigenvalue weighted by molar-refractivity contribution is 0.290. The van der Waals surface area contributed by atoms with Gasteiger partial charge in [0.05, 0.1) is 6.61 Å². The van der Waals surface area contributed by atoms with E-state index in [1.54, 1.807) is 18.4 Å². The Kier molecular flexibility index (Phi) is 8.17. The molecule has 0 aliphatic carbocycles. The van der Waals surface area contributed by atoms with Gasteiger partial charge in [0.2, 0.25) is 0 Å². The maximum absolute atomic E-state index is 12.9. The van der Waals surface area contributed by atoms with E-state index < -0.39 is 6.30 Å². The topological polar surface area (TPSA) is 44.3 Å². The largest absolute Gasteiger partial charge is 0.395 e. The Morgan fingerprint density at radius 1 is 1.57 bits per heavy atom. The summed E-state index contributed by atoms with van der Waals surface area (Å²) in [5.41, 5.74) is 0.658. The highest BCUT2D eigenvalue weighted by Gasteiger charge is 2.11. The Morgan fingerprint density at radius 2 is 2.29 bits per heavy atom. The van der Waals surface area contributed by atoms with Gasteiger partial charge >= 0.3 is 0 Å². The van der Waals surface area contributed by atoms with Gasteiger partial charge < -0.3 is 15.7 Å². The van der Waals surface area contributed by atoms with E-state index in [2.05, 4.69) is 10.6 Å². The molecule has 0 aromatic carbocycles. The molecule has 0 fully saturated rings. The third kappa shape index (κ3) is 4.99. The van der Waals surface area contributed by atoms with Gasteiger partial charge in [-0.25, -0.2) is 4.39 Å². The number of nitrogens with one attached hydrogen (secondary N) is 2. The Morgan fingerprint density at radius 3 is 2.86 bits per heavy atom. The number of aliphatic hydroxyl groups is 1. The number of alkyl halides is 1. The fourth-order valence-corrected chi connectivity index (χ4v) is 0.964. The molecule has 0 saturated carbocycles. The van der Waals surface area contributed by atoms with Gasteiger partial charge in [-0.1, -0.05) is 19.9 Å². The van der Waals surface area contributed by atoms with Crippen molar-refractivity contribution in [1.29, 1.82) is 0 Å². The van der Waals surface area contributed by atoms with E-state index in [9.17, 15) is 4.39 Å². The van der Waals surface area contributed by atoms with Crippen LogP contribution >= 0.6 is 0 Å². The highest BCUT2D eigenvalue weighted by atomic mass is 19.1. The van der Waals surface area contributed by atoms with Gasteiger partial charge in [0.15, 0.2) is 6.30 Å². The molecule has 1 atom stereocenters. The molecule has 0 saturated heterocycles. The van der Waals surface area contributed by atoms with Crippen LogP contribution in [0.1, 0.15) is 13.8 Å². The predicted molar refractivity (Wildman–Crippen MR) is 56.6 cm³/mol. The average Bonchev–Trinajstić information content (AvgIpc) is 2.24. The number of allylic oxidation sites excluding steroid dienone is 2. The first kappa shape index (κ1) is 13.1. The van der Waals surface area contributed by atoms with Gasteiger partial charge in [-0.3, -0.25) is 0 Å². The van der Waals surface area contributed by atoms with Crippen LogP contribution in [0, 0.1) is 0 Å². The van der Waals surface area contributed by atoms with Crippen molar-refractivity contribution in [2.75, 3.05) is 19.7 Å². The smallest absolute Gasteiger partial charge is 0.193 e. The molecule has 4 heteroatoms. The molecule has 0 aromatic rings. The van der Waals surface area contributed by atoms with Gasteiger partial charge in [0.1, 0.15) is 0 Å². The van der Waals surface area contributed by atoms with Crippen LogP contribution in [-0.2, 0) is 0 Å². The summed E-state index contributed by atoms with van der Waals surface area (Å²) in [6.07, 6.45) is 3.96. The number of dihydropyridines is 1. The fraction of sp³-hybridized carbons (Fsp3) is 0.600. The second kappa shape index (κ2) is 8.72. The zero-order valence-corrected chi connectivity index (χ0v) is 8.76. The van der Waals surface area contributed by atoms with Crippen molar-refractivity contribution in [2.24, 2.45) is 0 Å². The molecule has 3 nitrogen and oxygen atoms in total. The van der Waals surface area contributed by atoms with Crippen LogP contribution < -0.4 is 10.6 Å². The van der Waals surface area contributed by atoms with Crippen molar-refractivity contribution in [3.8, 4) is 0 Å². The number of aliphatic hydroxyl groups excluding tert-OH is 1. The second-order valence-electron chi connectivity index (χ2n) is 2.53. The molecule has 1 heterocycles. The molecule has 1 unspecified atom stereocenters. The normalized spacial score (nSPS) is 19.1. The molecule has 14 heavy (non-hydrogen) atoms. The lowest BCUT2D eigenvalue weighted by Gasteiger charge is -2.16. The molecule has 1 aliphatic heterocycles. The first-order valence-corrected chi connectivity index (χ1v) is 4.92. The van der Waals surface area contributed by atoms with Crippen molar-refractivity contribution >= 4 is 0 Å². The van der Waals surface area contributed by atoms with Crippen LogP contribution in [0.15, 0.2) is 23.9 Å². The molecule has 82 valence electrons. The molecule has 1 rings (SSSR count). The van der Waals surface area contributed by atoms with E-state index in [-0.39, 0.29) is 6.61 Å². The van der Waals surface area contributed by atoms with Crippen LogP contribution in [0.5, 0.6) is 0 Å². The van der Waals surface area contributed by atoms with Crippen molar-refractivity contribution in [3.05, 3.63) is 23.9 Å². The van der Waals surface area contributed by atoms with Gasteiger partial charge in [-0.05, 0) is 17.8 Å². The van der Waals surface area contributed by atoms with Crippen LogP contribution in [0.2, 0.25) is 0 Å². The van der Waals surface area contributed by atoms with Gasteiger partial charge in [0.25, 0.3) is 0 Å². The van der Waals surface area contributed by atoms with Crippen molar-refractivity contribution < 1.29 is 9.50 Å². The van der Waals surface area contributed by atoms with Crippen molar-refractivity contribution in [1.82, 2.24) is 10.6 Å². The molecule has 0 aromatic heterocycles. The number of hydrogen-bond donors (Lipinski definition) is 3. The molecule has 0 spiro atoms. The molecule has 0 radical (unpaired) electrons. The average molecular weight is 202 g/mol. The zero-order valence-electron chi connectivity index (χ0n) is 8.76. The van der Waals surface area contributed by atoms with E-state index in [1.807, 2.05) is 13.8 Å². The lowest BCUT2D eigenvalue weighted by atomic mass is 10.2. The second-order valence-corrected chi connectivity index (χ2v) is 2.53. The first-order chi connectivity index (χ1) is 6.84. The van der Waals surface area contributed by atoms with Crippen LogP contribution in [0.3, 0.4) is 0 Å². The van der Waals surface area contributed by atoms with Crippen LogP contribution in [0.25, 0.3) is 0 Å². The summed E-state index contributed by atoms with van der Waals surface area (Å²) in [4.78, 5) is 0. The third-order valence-electron chi connectivity index (χ3n) is 1.59. The Labute approximate surface area is 84.7 Å². The minimum atomic E-state index is -1.10. The standard InChI is InChI=1S/C8H13FN2O.C2H6/c9-8-7(2-1-3-11-8)6-10-4-5-12;1-2/h1-3,8,10-12H,4-6H2;1-2H3. The summed E-state index contributed by atoms with van der Waals surface area (Å²) >= 11 is 0. The van der Waals surface area contributed by atoms with Crippen molar-refractivity contribution in [3.63, 3.8) is 0 Å². The van der Waals surface area contributed by atoms with Crippen molar-refractivity contribution in [2.45, 2.75) is 20.1 Å². The van der Waals surface area contributed by atoms with E-state index in [0.717, 1.165) is 0 Å². The SMILES string of the molecule is CC.OCCNCC1=CC=CNC1F. The predicted octanol–water partition coefficient (Wildman–Crippen LogP) is 0.933. The summed E-state index contributed by atoms with van der Waals surface area (Å²) in [6, 6.07) is 0. The van der Waals surface area contributed by atoms with E-state index >= 15 is 0 Å². The molecule has 0 bridgehead atoms. The van der Waals surface area contributed by atoms with Crippen LogP contribution in [0.4, 0.5) is 4.39 Å². The third-order valence-corrected chi connectivity index (χ3v) is 1.59. The molecular weight excluding hydrogens is 183 g/mol. The van der Waals surface area contributed by atoms with Crippen LogP contribution in [-0.4, -0.2) is 31.1 Å². The quantitative estimate of drug-likeness (QED) is 0.469. The molecule has 0 amide bonds. The minimum absolute atomic E-state index is 0.0769. The zero-order chi connectivity index (χ0) is 10.8. The maximum atomic E-state index is 12.9. The Balaban J connectivity index is 0.000000791. The number of hydrogen-bond acceptors (Lipinski definition) is 3. The highest BCUT2D eigenvalue weighted by Crippen LogP contribution is 2.06. The monoisotopic (exact) mass is 202 g/mol. The molecule has 1 aliphatic rings. The summed E-state index contributed by atoms with van der Waals surface area (Å²) < 4.78 is 12.9. The summed E-state index contributed by atoms with van der Waals surface area (Å²) in [5, 5.41) is 13.9.